The van der Waals surface area contributed by atoms with E-state index in [1.165, 1.54) is 36.5 Å². The molecule has 1 N–H and O–H groups in total. The molecule has 0 unspecified atom stereocenters. The Bertz CT molecular complexity index is 807. The molecular weight excluding hydrogens is 354 g/mol. The van der Waals surface area contributed by atoms with E-state index in [0.29, 0.717) is 5.75 Å². The van der Waals surface area contributed by atoms with E-state index in [2.05, 4.69) is 9.97 Å². The predicted octanol–water partition coefficient (Wildman–Crippen LogP) is 1.52. The summed E-state index contributed by atoms with van der Waals surface area (Å²) < 4.78 is 15.9. The topological polar surface area (TPSA) is 111 Å². The number of esters is 1. The summed E-state index contributed by atoms with van der Waals surface area (Å²) in [6.07, 6.45) is 2.13. The first-order valence-electron chi connectivity index (χ1n) is 8.06. The zero-order valence-electron chi connectivity index (χ0n) is 15.5. The number of nitrogens with zero attached hydrogens (tertiary/aromatic N) is 3. The van der Waals surface area contributed by atoms with Gasteiger partial charge in [-0.05, 0) is 19.1 Å². The van der Waals surface area contributed by atoms with Crippen molar-refractivity contribution >= 4 is 11.9 Å². The minimum atomic E-state index is -0.569. The van der Waals surface area contributed by atoms with E-state index >= 15 is 0 Å². The van der Waals surface area contributed by atoms with Gasteiger partial charge in [-0.1, -0.05) is 0 Å². The number of hydrogen-bond acceptors (Lipinski definition) is 8. The number of benzene rings is 1. The average Bonchev–Trinajstić information content (AvgIpc) is 2.66. The molecule has 1 atom stereocenters. The second kappa shape index (κ2) is 8.95. The fourth-order valence-corrected chi connectivity index (χ4v) is 2.03. The van der Waals surface area contributed by atoms with Gasteiger partial charge in [-0.15, -0.1) is 0 Å². The highest BCUT2D eigenvalue weighted by molar-refractivity contribution is 5.91. The van der Waals surface area contributed by atoms with E-state index < -0.39 is 12.1 Å². The van der Waals surface area contributed by atoms with Gasteiger partial charge in [0.2, 0.25) is 5.88 Å². The van der Waals surface area contributed by atoms with Crippen LogP contribution in [0.4, 0.5) is 0 Å². The van der Waals surface area contributed by atoms with Crippen LogP contribution in [0.25, 0.3) is 0 Å². The maximum atomic E-state index is 11.9. The zero-order valence-corrected chi connectivity index (χ0v) is 15.5. The molecule has 0 bridgehead atoms. The van der Waals surface area contributed by atoms with Gasteiger partial charge in [-0.2, -0.15) is 0 Å². The fraction of sp³-hybridized carbons (Fsp3) is 0.333. The van der Waals surface area contributed by atoms with Gasteiger partial charge in [0.1, 0.15) is 23.3 Å². The second-order valence-corrected chi connectivity index (χ2v) is 5.84. The Morgan fingerprint density at radius 1 is 1.15 bits per heavy atom. The van der Waals surface area contributed by atoms with Crippen LogP contribution in [0.15, 0.2) is 30.6 Å². The summed E-state index contributed by atoms with van der Waals surface area (Å²) >= 11 is 0. The molecule has 0 aliphatic rings. The largest absolute Gasteiger partial charge is 0.488 e. The Balaban J connectivity index is 2.27. The average molecular weight is 375 g/mol. The molecule has 0 fully saturated rings. The Morgan fingerprint density at radius 2 is 1.85 bits per heavy atom. The molecule has 0 radical (unpaired) electrons. The Morgan fingerprint density at radius 3 is 2.41 bits per heavy atom. The Labute approximate surface area is 156 Å². The lowest BCUT2D eigenvalue weighted by Gasteiger charge is -2.14. The van der Waals surface area contributed by atoms with Crippen molar-refractivity contribution in [2.24, 2.45) is 0 Å². The molecule has 9 nitrogen and oxygen atoms in total. The standard InChI is InChI=1S/C18H21N3O6/c1-11(10-22)26-13-5-12(18(24)25-4)6-14(7-13)27-16-9-19-15(8-20-16)17(23)21(2)3/h5-9,11,22H,10H2,1-4H3/t11-/m0/s1. The fourth-order valence-electron chi connectivity index (χ4n) is 2.03. The summed E-state index contributed by atoms with van der Waals surface area (Å²) in [5.74, 6) is -0.135. The van der Waals surface area contributed by atoms with Crippen LogP contribution >= 0.6 is 0 Å². The van der Waals surface area contributed by atoms with Crippen molar-refractivity contribution in [3.8, 4) is 17.4 Å². The van der Waals surface area contributed by atoms with Gasteiger partial charge >= 0.3 is 5.97 Å². The van der Waals surface area contributed by atoms with Gasteiger partial charge in [-0.3, -0.25) is 4.79 Å². The van der Waals surface area contributed by atoms with E-state index in [4.69, 9.17) is 19.3 Å². The molecule has 27 heavy (non-hydrogen) atoms. The van der Waals surface area contributed by atoms with Crippen molar-refractivity contribution < 1.29 is 28.9 Å². The van der Waals surface area contributed by atoms with Crippen LogP contribution in [0.1, 0.15) is 27.8 Å². The lowest BCUT2D eigenvalue weighted by molar-refractivity contribution is 0.0599. The van der Waals surface area contributed by atoms with Crippen LogP contribution in [0.5, 0.6) is 17.4 Å². The molecule has 0 aliphatic carbocycles. The molecule has 1 heterocycles. The third-order valence-corrected chi connectivity index (χ3v) is 3.37. The number of amides is 1. The van der Waals surface area contributed by atoms with Gasteiger partial charge in [0.15, 0.2) is 0 Å². The molecule has 9 heteroatoms. The minimum absolute atomic E-state index is 0.133. The molecule has 2 aromatic rings. The molecule has 2 rings (SSSR count). The maximum Gasteiger partial charge on any atom is 0.338 e. The van der Waals surface area contributed by atoms with Crippen molar-refractivity contribution in [3.63, 3.8) is 0 Å². The third-order valence-electron chi connectivity index (χ3n) is 3.37. The first-order chi connectivity index (χ1) is 12.8. The number of ether oxygens (including phenoxy) is 3. The van der Waals surface area contributed by atoms with E-state index in [1.807, 2.05) is 0 Å². The number of aliphatic hydroxyl groups excluding tert-OH is 1. The van der Waals surface area contributed by atoms with Crippen molar-refractivity contribution in [3.05, 3.63) is 41.9 Å². The van der Waals surface area contributed by atoms with Crippen LogP contribution in [0, 0.1) is 0 Å². The quantitative estimate of drug-likeness (QED) is 0.725. The summed E-state index contributed by atoms with van der Waals surface area (Å²) in [6, 6.07) is 4.48. The highest BCUT2D eigenvalue weighted by Crippen LogP contribution is 2.27. The molecule has 0 saturated heterocycles. The van der Waals surface area contributed by atoms with Gasteiger partial charge in [0.25, 0.3) is 5.91 Å². The lowest BCUT2D eigenvalue weighted by atomic mass is 10.2. The number of rotatable bonds is 7. The SMILES string of the molecule is COC(=O)c1cc(Oc2cnc(C(=O)N(C)C)cn2)cc(O[C@@H](C)CO)c1. The Kier molecular flexibility index (Phi) is 6.67. The van der Waals surface area contributed by atoms with Crippen LogP contribution in [-0.4, -0.2) is 65.8 Å². The Hall–Kier alpha value is -3.20. The summed E-state index contributed by atoms with van der Waals surface area (Å²) in [5, 5.41) is 9.14. The zero-order chi connectivity index (χ0) is 20.0. The van der Waals surface area contributed by atoms with E-state index in [-0.39, 0.29) is 35.4 Å². The first-order valence-corrected chi connectivity index (χ1v) is 8.06. The maximum absolute atomic E-state index is 11.9. The summed E-state index contributed by atoms with van der Waals surface area (Å²) in [6.45, 7) is 1.49. The molecular formula is C18H21N3O6. The van der Waals surface area contributed by atoms with E-state index in [0.717, 1.165) is 0 Å². The smallest absolute Gasteiger partial charge is 0.338 e. The molecule has 0 spiro atoms. The number of carbonyl (C=O) groups excluding carboxylic acids is 2. The van der Waals surface area contributed by atoms with Gasteiger partial charge in [-0.25, -0.2) is 14.8 Å². The van der Waals surface area contributed by atoms with Gasteiger partial charge in [0, 0.05) is 20.2 Å². The van der Waals surface area contributed by atoms with E-state index in [9.17, 15) is 9.59 Å². The number of carbonyl (C=O) groups is 2. The van der Waals surface area contributed by atoms with Crippen LogP contribution < -0.4 is 9.47 Å². The van der Waals surface area contributed by atoms with Crippen molar-refractivity contribution in [1.82, 2.24) is 14.9 Å². The lowest BCUT2D eigenvalue weighted by Crippen LogP contribution is -2.22. The van der Waals surface area contributed by atoms with Crippen molar-refractivity contribution in [2.45, 2.75) is 13.0 Å². The van der Waals surface area contributed by atoms with Gasteiger partial charge < -0.3 is 24.2 Å². The third kappa shape index (κ3) is 5.38. The number of aromatic nitrogens is 2. The summed E-state index contributed by atoms with van der Waals surface area (Å²) in [5.41, 5.74) is 0.388. The summed E-state index contributed by atoms with van der Waals surface area (Å²) in [7, 11) is 4.49. The minimum Gasteiger partial charge on any atom is -0.488 e. The number of aliphatic hydroxyl groups is 1. The van der Waals surface area contributed by atoms with Crippen LogP contribution in [0.2, 0.25) is 0 Å². The predicted molar refractivity (Wildman–Crippen MR) is 95.1 cm³/mol. The highest BCUT2D eigenvalue weighted by Gasteiger charge is 2.14. The summed E-state index contributed by atoms with van der Waals surface area (Å²) in [4.78, 5) is 33.1. The molecule has 0 saturated carbocycles. The van der Waals surface area contributed by atoms with E-state index in [1.54, 1.807) is 27.1 Å². The molecule has 1 aromatic heterocycles. The van der Waals surface area contributed by atoms with Crippen LogP contribution in [-0.2, 0) is 4.74 Å². The van der Waals surface area contributed by atoms with Crippen molar-refractivity contribution in [1.29, 1.82) is 0 Å². The normalized spacial score (nSPS) is 11.4. The number of methoxy groups -OCH3 is 1. The van der Waals surface area contributed by atoms with Crippen LogP contribution in [0.3, 0.4) is 0 Å². The molecule has 0 aliphatic heterocycles. The first kappa shape index (κ1) is 20.1. The molecule has 1 amide bonds. The van der Waals surface area contributed by atoms with Gasteiger partial charge in [0.05, 0.1) is 31.7 Å². The monoisotopic (exact) mass is 375 g/mol. The highest BCUT2D eigenvalue weighted by atomic mass is 16.5. The van der Waals surface area contributed by atoms with Crippen molar-refractivity contribution in [2.75, 3.05) is 27.8 Å². The second-order valence-electron chi connectivity index (χ2n) is 5.84. The molecule has 1 aromatic carbocycles. The number of hydrogen-bond donors (Lipinski definition) is 1. The molecule has 144 valence electrons.